The number of nitrogens with zero attached hydrogens (tertiary/aromatic N) is 1. The van der Waals surface area contributed by atoms with Gasteiger partial charge in [-0.1, -0.05) is 31.5 Å². The molecule has 1 aromatic carbocycles. The Labute approximate surface area is 127 Å². The van der Waals surface area contributed by atoms with Crippen molar-refractivity contribution in [3.05, 3.63) is 54.4 Å². The van der Waals surface area contributed by atoms with E-state index in [0.29, 0.717) is 6.04 Å². The van der Waals surface area contributed by atoms with Crippen LogP contribution in [0.5, 0.6) is 5.75 Å². The van der Waals surface area contributed by atoms with Gasteiger partial charge in [0.05, 0.1) is 6.61 Å². The van der Waals surface area contributed by atoms with Gasteiger partial charge >= 0.3 is 0 Å². The number of aromatic nitrogens is 1. The molecule has 1 heterocycles. The number of para-hydroxylation sites is 1. The van der Waals surface area contributed by atoms with E-state index in [4.69, 9.17) is 4.74 Å². The van der Waals surface area contributed by atoms with Crippen LogP contribution in [0.2, 0.25) is 0 Å². The van der Waals surface area contributed by atoms with Gasteiger partial charge in [0.15, 0.2) is 0 Å². The molecule has 0 fully saturated rings. The molecule has 1 unspecified atom stereocenters. The molecule has 0 aliphatic heterocycles. The van der Waals surface area contributed by atoms with Crippen molar-refractivity contribution in [1.82, 2.24) is 9.88 Å². The Kier molecular flexibility index (Phi) is 6.35. The van der Waals surface area contributed by atoms with Gasteiger partial charge in [-0.25, -0.2) is 0 Å². The molecule has 1 N–H and O–H groups in total. The molecule has 0 radical (unpaired) electrons. The third kappa shape index (κ3) is 4.94. The van der Waals surface area contributed by atoms with Crippen molar-refractivity contribution < 1.29 is 4.74 Å². The van der Waals surface area contributed by atoms with E-state index >= 15 is 0 Å². The normalized spacial score (nSPS) is 12.3. The van der Waals surface area contributed by atoms with Crippen LogP contribution in [-0.4, -0.2) is 18.2 Å². The lowest BCUT2D eigenvalue weighted by Gasteiger charge is -2.13. The van der Waals surface area contributed by atoms with E-state index in [-0.39, 0.29) is 0 Å². The lowest BCUT2D eigenvalue weighted by atomic mass is 10.1. The van der Waals surface area contributed by atoms with Crippen LogP contribution in [-0.2, 0) is 6.54 Å². The summed E-state index contributed by atoms with van der Waals surface area (Å²) in [6.45, 7) is 3.97. The van der Waals surface area contributed by atoms with Crippen LogP contribution in [0.3, 0.4) is 0 Å². The first-order valence-corrected chi connectivity index (χ1v) is 7.84. The summed E-state index contributed by atoms with van der Waals surface area (Å²) in [6, 6.07) is 12.7. The van der Waals surface area contributed by atoms with Crippen molar-refractivity contribution in [3.8, 4) is 5.75 Å². The van der Waals surface area contributed by atoms with Gasteiger partial charge in [-0.3, -0.25) is 0 Å². The van der Waals surface area contributed by atoms with Crippen molar-refractivity contribution in [2.45, 2.75) is 38.8 Å². The first-order valence-electron chi connectivity index (χ1n) is 7.84. The van der Waals surface area contributed by atoms with Crippen molar-refractivity contribution in [2.24, 2.45) is 0 Å². The summed E-state index contributed by atoms with van der Waals surface area (Å²) in [5, 5.41) is 3.38. The zero-order valence-corrected chi connectivity index (χ0v) is 13.1. The average molecular weight is 286 g/mol. The van der Waals surface area contributed by atoms with Crippen LogP contribution >= 0.6 is 0 Å². The largest absolute Gasteiger partial charge is 0.494 e. The molecule has 21 heavy (non-hydrogen) atoms. The molecule has 0 spiro atoms. The molecule has 0 amide bonds. The number of hydrogen-bond donors (Lipinski definition) is 1. The number of benzene rings is 1. The molecule has 0 saturated carbocycles. The summed E-state index contributed by atoms with van der Waals surface area (Å²) < 4.78 is 7.97. The van der Waals surface area contributed by atoms with Gasteiger partial charge in [0.2, 0.25) is 0 Å². The summed E-state index contributed by atoms with van der Waals surface area (Å²) in [5.74, 6) is 0.948. The molecule has 2 rings (SSSR count). The average Bonchev–Trinajstić information content (AvgIpc) is 2.99. The molecule has 1 aromatic heterocycles. The Morgan fingerprint density at radius 3 is 2.71 bits per heavy atom. The predicted molar refractivity (Wildman–Crippen MR) is 87.7 cm³/mol. The Morgan fingerprint density at radius 1 is 1.19 bits per heavy atom. The lowest BCUT2D eigenvalue weighted by molar-refractivity contribution is 0.302. The molecule has 114 valence electrons. The van der Waals surface area contributed by atoms with Crippen molar-refractivity contribution >= 4 is 0 Å². The van der Waals surface area contributed by atoms with E-state index < -0.39 is 0 Å². The van der Waals surface area contributed by atoms with E-state index in [1.807, 2.05) is 37.4 Å². The van der Waals surface area contributed by atoms with E-state index in [2.05, 4.69) is 35.3 Å². The summed E-state index contributed by atoms with van der Waals surface area (Å²) >= 11 is 0. The number of ether oxygens (including phenoxy) is 1. The van der Waals surface area contributed by atoms with E-state index in [0.717, 1.165) is 25.3 Å². The Balaban J connectivity index is 1.75. The second-order valence-electron chi connectivity index (χ2n) is 5.33. The standard InChI is InChI=1S/C18H26N2O/c1-3-8-18(19-2)16-11-13-20(15-16)12-7-14-21-17-9-5-4-6-10-17/h4-6,9-11,13,15,18-19H,3,7-8,12,14H2,1-2H3. The second-order valence-corrected chi connectivity index (χ2v) is 5.33. The fraction of sp³-hybridized carbons (Fsp3) is 0.444. The number of hydrogen-bond acceptors (Lipinski definition) is 2. The minimum absolute atomic E-state index is 0.469. The summed E-state index contributed by atoms with van der Waals surface area (Å²) in [6.07, 6.45) is 7.80. The fourth-order valence-electron chi connectivity index (χ4n) is 2.52. The molecule has 2 aromatic rings. The van der Waals surface area contributed by atoms with Gasteiger partial charge in [-0.15, -0.1) is 0 Å². The number of nitrogens with one attached hydrogen (secondary N) is 1. The first-order chi connectivity index (χ1) is 10.3. The summed E-state index contributed by atoms with van der Waals surface area (Å²) in [5.41, 5.74) is 1.38. The minimum Gasteiger partial charge on any atom is -0.494 e. The highest BCUT2D eigenvalue weighted by Crippen LogP contribution is 2.18. The molecule has 3 nitrogen and oxygen atoms in total. The van der Waals surface area contributed by atoms with Crippen molar-refractivity contribution in [1.29, 1.82) is 0 Å². The summed E-state index contributed by atoms with van der Waals surface area (Å²) in [4.78, 5) is 0. The van der Waals surface area contributed by atoms with Gasteiger partial charge in [0.1, 0.15) is 5.75 Å². The molecule has 0 aliphatic carbocycles. The number of rotatable bonds is 9. The zero-order valence-electron chi connectivity index (χ0n) is 13.1. The third-order valence-electron chi connectivity index (χ3n) is 3.67. The molecule has 0 aliphatic rings. The van der Waals surface area contributed by atoms with Crippen molar-refractivity contribution in [2.75, 3.05) is 13.7 Å². The highest BCUT2D eigenvalue weighted by molar-refractivity contribution is 5.20. The van der Waals surface area contributed by atoms with Crippen LogP contribution in [0.4, 0.5) is 0 Å². The van der Waals surface area contributed by atoms with Gasteiger partial charge < -0.3 is 14.6 Å². The van der Waals surface area contributed by atoms with Crippen LogP contribution in [0.25, 0.3) is 0 Å². The van der Waals surface area contributed by atoms with E-state index in [1.165, 1.54) is 18.4 Å². The Bertz CT molecular complexity index is 507. The highest BCUT2D eigenvalue weighted by Gasteiger charge is 2.09. The van der Waals surface area contributed by atoms with Gasteiger partial charge in [0, 0.05) is 25.0 Å². The molecular weight excluding hydrogens is 260 g/mol. The lowest BCUT2D eigenvalue weighted by Crippen LogP contribution is -2.15. The Morgan fingerprint density at radius 2 is 2.00 bits per heavy atom. The molecule has 1 atom stereocenters. The van der Waals surface area contributed by atoms with Crippen LogP contribution in [0, 0.1) is 0 Å². The monoisotopic (exact) mass is 286 g/mol. The summed E-state index contributed by atoms with van der Waals surface area (Å²) in [7, 11) is 2.03. The van der Waals surface area contributed by atoms with E-state index in [1.54, 1.807) is 0 Å². The van der Waals surface area contributed by atoms with Crippen LogP contribution in [0.1, 0.15) is 37.8 Å². The second kappa shape index (κ2) is 8.53. The topological polar surface area (TPSA) is 26.2 Å². The highest BCUT2D eigenvalue weighted by atomic mass is 16.5. The van der Waals surface area contributed by atoms with Crippen LogP contribution < -0.4 is 10.1 Å². The Hall–Kier alpha value is -1.74. The van der Waals surface area contributed by atoms with Crippen molar-refractivity contribution in [3.63, 3.8) is 0 Å². The minimum atomic E-state index is 0.469. The smallest absolute Gasteiger partial charge is 0.119 e. The maximum atomic E-state index is 5.72. The zero-order chi connectivity index (χ0) is 14.9. The third-order valence-corrected chi connectivity index (χ3v) is 3.67. The molecular formula is C18H26N2O. The van der Waals surface area contributed by atoms with Crippen LogP contribution in [0.15, 0.2) is 48.8 Å². The maximum Gasteiger partial charge on any atom is 0.119 e. The SMILES string of the molecule is CCCC(NC)c1ccn(CCCOc2ccccc2)c1. The molecule has 0 bridgehead atoms. The number of aryl methyl sites for hydroxylation is 1. The fourth-order valence-corrected chi connectivity index (χ4v) is 2.52. The van der Waals surface area contributed by atoms with E-state index in [9.17, 15) is 0 Å². The van der Waals surface area contributed by atoms with Gasteiger partial charge in [-0.05, 0) is 43.7 Å². The van der Waals surface area contributed by atoms with Gasteiger partial charge in [0.25, 0.3) is 0 Å². The first kappa shape index (κ1) is 15.6. The predicted octanol–water partition coefficient (Wildman–Crippen LogP) is 4.02. The molecule has 3 heteroatoms. The molecule has 0 saturated heterocycles. The maximum absolute atomic E-state index is 5.72. The quantitative estimate of drug-likeness (QED) is 0.705. The van der Waals surface area contributed by atoms with Gasteiger partial charge in [-0.2, -0.15) is 0 Å².